The summed E-state index contributed by atoms with van der Waals surface area (Å²) in [6.45, 7) is 3.26. The highest BCUT2D eigenvalue weighted by molar-refractivity contribution is 9.10. The summed E-state index contributed by atoms with van der Waals surface area (Å²) in [5.41, 5.74) is 3.62. The molecule has 0 bridgehead atoms. The summed E-state index contributed by atoms with van der Waals surface area (Å²) < 4.78 is 30.4. The molecule has 1 fully saturated rings. The van der Waals surface area contributed by atoms with E-state index in [-0.39, 0.29) is 35.5 Å². The Morgan fingerprint density at radius 1 is 0.894 bits per heavy atom. The van der Waals surface area contributed by atoms with Crippen LogP contribution in [-0.4, -0.2) is 43.8 Å². The van der Waals surface area contributed by atoms with Crippen LogP contribution < -0.4 is 9.62 Å². The van der Waals surface area contributed by atoms with Gasteiger partial charge in [-0.3, -0.25) is 13.9 Å². The van der Waals surface area contributed by atoms with E-state index in [9.17, 15) is 18.0 Å². The average molecular weight is 737 g/mol. The average Bonchev–Trinajstić information content (AvgIpc) is 3.56. The van der Waals surface area contributed by atoms with Crippen LogP contribution in [0.2, 0.25) is 5.02 Å². The normalized spacial score (nSPS) is 14.0. The number of benzene rings is 4. The van der Waals surface area contributed by atoms with Crippen molar-refractivity contribution in [3.8, 4) is 0 Å². The molecule has 0 unspecified atom stereocenters. The molecular formula is C37H39BrClN3O4S. The van der Waals surface area contributed by atoms with Gasteiger partial charge in [0, 0.05) is 28.5 Å². The highest BCUT2D eigenvalue weighted by Gasteiger charge is 2.35. The fourth-order valence-electron chi connectivity index (χ4n) is 5.86. The second kappa shape index (κ2) is 15.5. The van der Waals surface area contributed by atoms with Crippen molar-refractivity contribution in [2.24, 2.45) is 0 Å². The summed E-state index contributed by atoms with van der Waals surface area (Å²) in [5.74, 6) is -0.768. The van der Waals surface area contributed by atoms with E-state index in [0.717, 1.165) is 56.7 Å². The summed E-state index contributed by atoms with van der Waals surface area (Å²) in [7, 11) is -4.21. The zero-order chi connectivity index (χ0) is 33.6. The van der Waals surface area contributed by atoms with E-state index in [1.54, 1.807) is 30.3 Å². The maximum absolute atomic E-state index is 14.7. The van der Waals surface area contributed by atoms with Gasteiger partial charge in [0.2, 0.25) is 11.8 Å². The molecule has 4 aromatic carbocycles. The Labute approximate surface area is 291 Å². The van der Waals surface area contributed by atoms with Crippen molar-refractivity contribution in [3.63, 3.8) is 0 Å². The predicted molar refractivity (Wildman–Crippen MR) is 191 cm³/mol. The summed E-state index contributed by atoms with van der Waals surface area (Å²) in [5, 5.41) is 3.58. The van der Waals surface area contributed by atoms with Crippen LogP contribution in [0, 0.1) is 13.8 Å². The number of carbonyl (C=O) groups excluding carboxylic acids is 2. The highest BCUT2D eigenvalue weighted by Crippen LogP contribution is 2.29. The fraction of sp³-hybridized carbons (Fsp3) is 0.297. The molecule has 1 N–H and O–H groups in total. The van der Waals surface area contributed by atoms with Gasteiger partial charge in [0.15, 0.2) is 0 Å². The summed E-state index contributed by atoms with van der Waals surface area (Å²) in [6.07, 6.45) is 4.13. The van der Waals surface area contributed by atoms with E-state index >= 15 is 0 Å². The maximum Gasteiger partial charge on any atom is 0.264 e. The van der Waals surface area contributed by atoms with Crippen LogP contribution in [0.25, 0.3) is 0 Å². The highest BCUT2D eigenvalue weighted by atomic mass is 79.9. The van der Waals surface area contributed by atoms with Crippen molar-refractivity contribution in [1.82, 2.24) is 10.2 Å². The van der Waals surface area contributed by atoms with Gasteiger partial charge in [-0.05, 0) is 79.8 Å². The van der Waals surface area contributed by atoms with Crippen LogP contribution in [0.1, 0.15) is 47.9 Å². The van der Waals surface area contributed by atoms with E-state index < -0.39 is 28.5 Å². The van der Waals surface area contributed by atoms with Crippen LogP contribution in [0.5, 0.6) is 0 Å². The van der Waals surface area contributed by atoms with Gasteiger partial charge in [0.05, 0.1) is 10.6 Å². The van der Waals surface area contributed by atoms with E-state index in [1.165, 1.54) is 17.0 Å². The SMILES string of the molecule is Cc1ccc(S(=O)(=O)N(CC(=O)N(Cc2cccc(Br)c2)[C@@H](Cc2ccccc2)C(=O)NC2CCCC2)c2ccc(C)c(Cl)c2)cc1. The molecule has 0 aliphatic heterocycles. The van der Waals surface area contributed by atoms with Crippen LogP contribution >= 0.6 is 27.5 Å². The molecule has 0 spiro atoms. The summed E-state index contributed by atoms with van der Waals surface area (Å²) >= 11 is 10.0. The van der Waals surface area contributed by atoms with Gasteiger partial charge in [-0.1, -0.05) is 107 Å². The first-order chi connectivity index (χ1) is 22.5. The van der Waals surface area contributed by atoms with Gasteiger partial charge in [-0.25, -0.2) is 8.42 Å². The number of nitrogens with zero attached hydrogens (tertiary/aromatic N) is 2. The number of sulfonamides is 1. The summed E-state index contributed by atoms with van der Waals surface area (Å²) in [4.78, 5) is 30.4. The molecule has 1 aliphatic rings. The molecule has 10 heteroatoms. The number of aryl methyl sites for hydroxylation is 2. The predicted octanol–water partition coefficient (Wildman–Crippen LogP) is 7.61. The van der Waals surface area contributed by atoms with Gasteiger partial charge < -0.3 is 10.2 Å². The molecule has 4 aromatic rings. The number of anilines is 1. The first-order valence-electron chi connectivity index (χ1n) is 15.7. The van der Waals surface area contributed by atoms with Gasteiger partial charge >= 0.3 is 0 Å². The smallest absolute Gasteiger partial charge is 0.264 e. The Morgan fingerprint density at radius 2 is 1.57 bits per heavy atom. The molecule has 0 saturated heterocycles. The van der Waals surface area contributed by atoms with Crippen LogP contribution in [0.4, 0.5) is 5.69 Å². The van der Waals surface area contributed by atoms with Crippen molar-refractivity contribution >= 4 is 55.1 Å². The van der Waals surface area contributed by atoms with E-state index in [4.69, 9.17) is 11.6 Å². The van der Waals surface area contributed by atoms with Gasteiger partial charge in [-0.2, -0.15) is 0 Å². The second-order valence-electron chi connectivity index (χ2n) is 12.1. The standard InChI is InChI=1S/C37H39BrClN3O4S/c1-26-15-19-33(20-16-26)47(45,46)42(32-18-17-27(2)34(39)23-32)25-36(43)41(24-29-11-8-12-30(38)21-29)35(22-28-9-4-3-5-10-28)37(44)40-31-13-6-7-14-31/h3-5,8-12,15-21,23,31,35H,6-7,13-14,22,24-25H2,1-2H3,(H,40,44)/t35-/m0/s1. The molecule has 1 aliphatic carbocycles. The molecule has 2 amide bonds. The first-order valence-corrected chi connectivity index (χ1v) is 18.4. The molecule has 7 nitrogen and oxygen atoms in total. The molecule has 0 radical (unpaired) electrons. The molecule has 246 valence electrons. The van der Waals surface area contributed by atoms with Crippen LogP contribution in [0.15, 0.2) is 106 Å². The quantitative estimate of drug-likeness (QED) is 0.162. The Morgan fingerprint density at radius 3 is 2.23 bits per heavy atom. The number of hydrogen-bond donors (Lipinski definition) is 1. The third kappa shape index (κ3) is 8.83. The number of nitrogens with one attached hydrogen (secondary N) is 1. The number of carbonyl (C=O) groups is 2. The molecular weight excluding hydrogens is 698 g/mol. The lowest BCUT2D eigenvalue weighted by Gasteiger charge is -2.34. The lowest BCUT2D eigenvalue weighted by molar-refractivity contribution is -0.140. The van der Waals surface area contributed by atoms with Crippen LogP contribution in [-0.2, 0) is 32.6 Å². The minimum Gasteiger partial charge on any atom is -0.352 e. The maximum atomic E-state index is 14.7. The number of hydrogen-bond acceptors (Lipinski definition) is 4. The number of rotatable bonds is 12. The zero-order valence-electron chi connectivity index (χ0n) is 26.5. The minimum atomic E-state index is -4.21. The van der Waals surface area contributed by atoms with E-state index in [0.29, 0.717) is 5.02 Å². The molecule has 47 heavy (non-hydrogen) atoms. The molecule has 1 saturated carbocycles. The number of amides is 2. The van der Waals surface area contributed by atoms with Gasteiger partial charge in [0.1, 0.15) is 12.6 Å². The van der Waals surface area contributed by atoms with Gasteiger partial charge in [0.25, 0.3) is 10.0 Å². The zero-order valence-corrected chi connectivity index (χ0v) is 29.7. The summed E-state index contributed by atoms with van der Waals surface area (Å²) in [6, 6.07) is 27.7. The monoisotopic (exact) mass is 735 g/mol. The third-order valence-electron chi connectivity index (χ3n) is 8.55. The number of halogens is 2. The lowest BCUT2D eigenvalue weighted by atomic mass is 10.0. The fourth-order valence-corrected chi connectivity index (χ4v) is 7.88. The minimum absolute atomic E-state index is 0.0386. The topological polar surface area (TPSA) is 86.8 Å². The Bertz CT molecular complexity index is 1810. The Balaban J connectivity index is 1.58. The van der Waals surface area contributed by atoms with E-state index in [2.05, 4.69) is 21.2 Å². The van der Waals surface area contributed by atoms with Crippen molar-refractivity contribution in [2.45, 2.75) is 69.5 Å². The van der Waals surface area contributed by atoms with Crippen molar-refractivity contribution in [3.05, 3.63) is 129 Å². The van der Waals surface area contributed by atoms with Crippen molar-refractivity contribution < 1.29 is 18.0 Å². The van der Waals surface area contributed by atoms with Crippen molar-refractivity contribution in [1.29, 1.82) is 0 Å². The van der Waals surface area contributed by atoms with E-state index in [1.807, 2.05) is 68.4 Å². The Hall–Kier alpha value is -3.66. The third-order valence-corrected chi connectivity index (χ3v) is 11.2. The van der Waals surface area contributed by atoms with Crippen molar-refractivity contribution in [2.75, 3.05) is 10.8 Å². The Kier molecular flexibility index (Phi) is 11.4. The largest absolute Gasteiger partial charge is 0.352 e. The lowest BCUT2D eigenvalue weighted by Crippen LogP contribution is -2.54. The molecule has 1 atom stereocenters. The first kappa shape index (κ1) is 34.7. The van der Waals surface area contributed by atoms with Gasteiger partial charge in [-0.15, -0.1) is 0 Å². The molecule has 0 aromatic heterocycles. The van der Waals surface area contributed by atoms with Crippen LogP contribution in [0.3, 0.4) is 0 Å². The molecule has 5 rings (SSSR count). The second-order valence-corrected chi connectivity index (χ2v) is 15.3. The molecule has 0 heterocycles.